The lowest BCUT2D eigenvalue weighted by Gasteiger charge is -2.18. The highest BCUT2D eigenvalue weighted by Gasteiger charge is 2.47. The summed E-state index contributed by atoms with van der Waals surface area (Å²) in [7, 11) is 1.37. The van der Waals surface area contributed by atoms with Crippen LogP contribution in [0.25, 0.3) is 0 Å². The van der Waals surface area contributed by atoms with Crippen molar-refractivity contribution in [2.45, 2.75) is 12.1 Å². The fraction of sp³-hybridized carbons (Fsp3) is 0.417. The quantitative estimate of drug-likeness (QED) is 0.874. The van der Waals surface area contributed by atoms with E-state index in [-0.39, 0.29) is 24.4 Å². The van der Waals surface area contributed by atoms with Gasteiger partial charge in [0.05, 0.1) is 13.7 Å². The molecule has 19 heavy (non-hydrogen) atoms. The summed E-state index contributed by atoms with van der Waals surface area (Å²) in [6, 6.07) is 3.07. The first kappa shape index (κ1) is 13.3. The minimum Gasteiger partial charge on any atom is -0.480 e. The largest absolute Gasteiger partial charge is 0.480 e. The Morgan fingerprint density at radius 1 is 1.58 bits per heavy atom. The number of carbonyl (C=O) groups excluding carboxylic acids is 1. The average Bonchev–Trinajstić information content (AvgIpc) is 2.82. The Morgan fingerprint density at radius 2 is 2.32 bits per heavy atom. The zero-order valence-corrected chi connectivity index (χ0v) is 10.3. The smallest absolute Gasteiger partial charge is 0.343 e. The maximum absolute atomic E-state index is 13.9. The average molecular weight is 268 g/mol. The van der Waals surface area contributed by atoms with Crippen LogP contribution >= 0.6 is 0 Å². The molecule has 1 aliphatic heterocycles. The van der Waals surface area contributed by atoms with E-state index in [9.17, 15) is 14.0 Å². The van der Waals surface area contributed by atoms with E-state index in [1.54, 1.807) is 6.07 Å². The molecule has 1 atom stereocenters. The molecule has 102 valence electrons. The lowest BCUT2D eigenvalue weighted by molar-refractivity contribution is -0.149. The van der Waals surface area contributed by atoms with Crippen molar-refractivity contribution in [3.05, 3.63) is 23.9 Å². The second-order valence-electron chi connectivity index (χ2n) is 4.31. The van der Waals surface area contributed by atoms with Crippen LogP contribution in [0.4, 0.5) is 4.39 Å². The van der Waals surface area contributed by atoms with E-state index in [4.69, 9.17) is 9.84 Å². The van der Waals surface area contributed by atoms with Crippen molar-refractivity contribution in [2.24, 2.45) is 0 Å². The summed E-state index contributed by atoms with van der Waals surface area (Å²) in [4.78, 5) is 28.0. The van der Waals surface area contributed by atoms with Crippen molar-refractivity contribution >= 4 is 11.9 Å². The number of halogens is 1. The third-order valence-corrected chi connectivity index (χ3v) is 3.08. The molecule has 1 aliphatic rings. The predicted molar refractivity (Wildman–Crippen MR) is 62.8 cm³/mol. The van der Waals surface area contributed by atoms with Gasteiger partial charge in [-0.2, -0.15) is 0 Å². The Kier molecular flexibility index (Phi) is 3.37. The number of carboxylic acids is 1. The van der Waals surface area contributed by atoms with Crippen LogP contribution in [-0.2, 0) is 4.79 Å². The number of aliphatic carboxylic acids is 1. The van der Waals surface area contributed by atoms with Crippen LogP contribution in [0.15, 0.2) is 18.3 Å². The maximum atomic E-state index is 13.9. The van der Waals surface area contributed by atoms with E-state index in [1.165, 1.54) is 19.4 Å². The lowest BCUT2D eigenvalue weighted by atomic mass is 10.1. The molecule has 0 aromatic carbocycles. The topological polar surface area (TPSA) is 79.7 Å². The van der Waals surface area contributed by atoms with E-state index in [0.29, 0.717) is 0 Å². The monoisotopic (exact) mass is 268 g/mol. The van der Waals surface area contributed by atoms with Gasteiger partial charge in [-0.1, -0.05) is 0 Å². The molecular weight excluding hydrogens is 255 g/mol. The Hall–Kier alpha value is -2.18. The molecule has 1 saturated heterocycles. The second kappa shape index (κ2) is 4.83. The number of methoxy groups -OCH3 is 1. The van der Waals surface area contributed by atoms with Crippen LogP contribution in [0.1, 0.15) is 16.8 Å². The van der Waals surface area contributed by atoms with Crippen molar-refractivity contribution in [1.29, 1.82) is 0 Å². The Labute approximate surface area is 108 Å². The van der Waals surface area contributed by atoms with Crippen LogP contribution in [-0.4, -0.2) is 52.7 Å². The highest BCUT2D eigenvalue weighted by Crippen LogP contribution is 2.28. The van der Waals surface area contributed by atoms with Gasteiger partial charge < -0.3 is 14.7 Å². The van der Waals surface area contributed by atoms with E-state index in [0.717, 1.165) is 4.90 Å². The molecule has 1 N–H and O–H groups in total. The molecule has 0 saturated carbocycles. The number of alkyl halides is 1. The number of hydrogen-bond donors (Lipinski definition) is 1. The summed E-state index contributed by atoms with van der Waals surface area (Å²) in [6.45, 7) is -0.404. The molecule has 1 aromatic heterocycles. The second-order valence-corrected chi connectivity index (χ2v) is 4.31. The van der Waals surface area contributed by atoms with Gasteiger partial charge in [-0.15, -0.1) is 0 Å². The zero-order valence-electron chi connectivity index (χ0n) is 10.3. The lowest BCUT2D eigenvalue weighted by Crippen LogP contribution is -2.39. The summed E-state index contributed by atoms with van der Waals surface area (Å²) in [6.07, 6.45) is 1.26. The number of hydrogen-bond acceptors (Lipinski definition) is 4. The van der Waals surface area contributed by atoms with Gasteiger partial charge >= 0.3 is 5.97 Å². The molecule has 0 bridgehead atoms. The van der Waals surface area contributed by atoms with Gasteiger partial charge in [0.2, 0.25) is 11.5 Å². The number of nitrogens with zero attached hydrogens (tertiary/aromatic N) is 2. The van der Waals surface area contributed by atoms with E-state index in [2.05, 4.69) is 4.98 Å². The van der Waals surface area contributed by atoms with Crippen molar-refractivity contribution < 1.29 is 23.8 Å². The van der Waals surface area contributed by atoms with Gasteiger partial charge in [0, 0.05) is 19.2 Å². The fourth-order valence-corrected chi connectivity index (χ4v) is 2.01. The molecule has 1 aromatic rings. The van der Waals surface area contributed by atoms with Crippen molar-refractivity contribution in [1.82, 2.24) is 9.88 Å². The van der Waals surface area contributed by atoms with E-state index in [1.807, 2.05) is 0 Å². The number of amides is 1. The molecule has 6 nitrogen and oxygen atoms in total. The molecule has 1 unspecified atom stereocenters. The zero-order chi connectivity index (χ0) is 14.0. The number of pyridine rings is 1. The van der Waals surface area contributed by atoms with Crippen molar-refractivity contribution in [2.75, 3.05) is 20.2 Å². The van der Waals surface area contributed by atoms with Gasteiger partial charge in [0.1, 0.15) is 5.56 Å². The normalized spacial score (nSPS) is 22.3. The number of ether oxygens (including phenoxy) is 1. The van der Waals surface area contributed by atoms with Crippen LogP contribution in [0, 0.1) is 0 Å². The summed E-state index contributed by atoms with van der Waals surface area (Å²) >= 11 is 0. The van der Waals surface area contributed by atoms with Gasteiger partial charge in [0.15, 0.2) is 0 Å². The Bertz CT molecular complexity index is 522. The molecule has 7 heteroatoms. The van der Waals surface area contributed by atoms with E-state index < -0.39 is 24.1 Å². The summed E-state index contributed by atoms with van der Waals surface area (Å²) in [5.41, 5.74) is -2.18. The van der Waals surface area contributed by atoms with Crippen molar-refractivity contribution in [3.8, 4) is 5.88 Å². The Balaban J connectivity index is 2.20. The maximum Gasteiger partial charge on any atom is 0.343 e. The third kappa shape index (κ3) is 2.35. The van der Waals surface area contributed by atoms with Gasteiger partial charge in [-0.05, 0) is 12.1 Å². The minimum absolute atomic E-state index is 0.0552. The molecule has 2 rings (SSSR count). The predicted octanol–water partition coefficient (Wildman–Crippen LogP) is 0.729. The number of likely N-dealkylation sites (tertiary alicyclic amines) is 1. The minimum atomic E-state index is -2.37. The Morgan fingerprint density at radius 3 is 2.89 bits per heavy atom. The van der Waals surface area contributed by atoms with Gasteiger partial charge in [0.25, 0.3) is 5.91 Å². The summed E-state index contributed by atoms with van der Waals surface area (Å²) in [5, 5.41) is 8.79. The van der Waals surface area contributed by atoms with Gasteiger partial charge in [-0.3, -0.25) is 4.79 Å². The van der Waals surface area contributed by atoms with E-state index >= 15 is 0 Å². The SMILES string of the molecule is COc1ncccc1C(=O)N1CCC(F)(C(=O)O)C1. The number of carbonyl (C=O) groups is 2. The first-order valence-corrected chi connectivity index (χ1v) is 5.68. The summed E-state index contributed by atoms with van der Waals surface area (Å²) < 4.78 is 18.9. The molecule has 0 spiro atoms. The highest BCUT2D eigenvalue weighted by atomic mass is 19.1. The highest BCUT2D eigenvalue weighted by molar-refractivity contribution is 5.97. The standard InChI is InChI=1S/C12H13FN2O4/c1-19-9-8(3-2-5-14-9)10(16)15-6-4-12(13,7-15)11(17)18/h2-3,5H,4,6-7H2,1H3,(H,17,18). The molecule has 2 heterocycles. The van der Waals surface area contributed by atoms with Crippen molar-refractivity contribution in [3.63, 3.8) is 0 Å². The summed E-state index contributed by atoms with van der Waals surface area (Å²) in [5.74, 6) is -1.88. The first-order chi connectivity index (χ1) is 8.98. The number of rotatable bonds is 3. The van der Waals surface area contributed by atoms with Crippen LogP contribution < -0.4 is 4.74 Å². The van der Waals surface area contributed by atoms with Crippen LogP contribution in [0.2, 0.25) is 0 Å². The number of aromatic nitrogens is 1. The fourth-order valence-electron chi connectivity index (χ4n) is 2.01. The van der Waals surface area contributed by atoms with Gasteiger partial charge in [-0.25, -0.2) is 14.2 Å². The molecule has 0 radical (unpaired) electrons. The molecular formula is C12H13FN2O4. The molecule has 0 aliphatic carbocycles. The molecule has 1 amide bonds. The third-order valence-electron chi connectivity index (χ3n) is 3.08. The van der Waals surface area contributed by atoms with Crippen LogP contribution in [0.5, 0.6) is 5.88 Å². The number of carboxylic acid groups (broad SMARTS) is 1. The first-order valence-electron chi connectivity index (χ1n) is 5.68. The molecule has 1 fully saturated rings. The van der Waals surface area contributed by atoms with Crippen LogP contribution in [0.3, 0.4) is 0 Å².